The molecule has 0 saturated carbocycles. The van der Waals surface area contributed by atoms with E-state index in [2.05, 4.69) is 4.74 Å². The smallest absolute Gasteiger partial charge is 0.215 e. The van der Waals surface area contributed by atoms with Gasteiger partial charge in [-0.1, -0.05) is 0 Å². The van der Waals surface area contributed by atoms with Gasteiger partial charge in [0, 0.05) is 7.11 Å². The van der Waals surface area contributed by atoms with Crippen molar-refractivity contribution in [3.05, 3.63) is 0 Å². The van der Waals surface area contributed by atoms with E-state index in [1.807, 2.05) is 0 Å². The van der Waals surface area contributed by atoms with Crippen LogP contribution in [0.5, 0.6) is 0 Å². The molecule has 0 radical (unpaired) electrons. The molecule has 2 N–H and O–H groups in total. The first-order valence-electron chi connectivity index (χ1n) is 3.57. The summed E-state index contributed by atoms with van der Waals surface area (Å²) in [6.45, 7) is -1.35. The van der Waals surface area contributed by atoms with Gasteiger partial charge in [0.15, 0.2) is 12.1 Å². The van der Waals surface area contributed by atoms with E-state index in [1.165, 1.54) is 7.11 Å². The largest absolute Gasteiger partial charge is 0.393 e. The molecule has 0 rings (SSSR count). The quantitative estimate of drug-likeness (QED) is 0.361. The Morgan fingerprint density at radius 1 is 1.54 bits per heavy atom. The minimum Gasteiger partial charge on any atom is -0.393 e. The third kappa shape index (κ3) is 4.09. The summed E-state index contributed by atoms with van der Waals surface area (Å²) < 4.78 is 9.19. The fourth-order valence-corrected chi connectivity index (χ4v) is 0.628. The van der Waals surface area contributed by atoms with Gasteiger partial charge in [0.1, 0.15) is 12.7 Å². The maximum absolute atomic E-state index is 10.8. The van der Waals surface area contributed by atoms with Gasteiger partial charge in [0.25, 0.3) is 0 Å². The molecule has 0 aromatic heterocycles. The van der Waals surface area contributed by atoms with Gasteiger partial charge in [0.05, 0.1) is 6.61 Å². The van der Waals surface area contributed by atoms with Crippen molar-refractivity contribution in [1.29, 1.82) is 0 Å². The van der Waals surface area contributed by atoms with Crippen molar-refractivity contribution in [3.8, 4) is 0 Å². The molecular weight excluding hydrogens is 180 g/mol. The zero-order valence-electron chi connectivity index (χ0n) is 7.17. The highest BCUT2D eigenvalue weighted by molar-refractivity contribution is 5.84. The summed E-state index contributed by atoms with van der Waals surface area (Å²) in [5.74, 6) is -0.702. The number of methoxy groups -OCH3 is 1. The standard InChI is InChI=1S/C7H12O6/c1-12-7(4-10)13-6(3-9)5(11)2-8/h4,6-9H,2-3H2,1H3. The molecule has 6 nitrogen and oxygen atoms in total. The van der Waals surface area contributed by atoms with Gasteiger partial charge < -0.3 is 19.7 Å². The van der Waals surface area contributed by atoms with Crippen LogP contribution >= 0.6 is 0 Å². The number of hydrogen-bond acceptors (Lipinski definition) is 6. The minimum absolute atomic E-state index is 0.341. The van der Waals surface area contributed by atoms with Gasteiger partial charge >= 0.3 is 0 Å². The number of ether oxygens (including phenoxy) is 2. The third-order valence-corrected chi connectivity index (χ3v) is 1.32. The predicted octanol–water partition coefficient (Wildman–Crippen LogP) is -1.90. The van der Waals surface area contributed by atoms with Crippen molar-refractivity contribution in [3.63, 3.8) is 0 Å². The van der Waals surface area contributed by atoms with E-state index in [0.29, 0.717) is 6.29 Å². The molecule has 0 aliphatic heterocycles. The highest BCUT2D eigenvalue weighted by Crippen LogP contribution is 1.98. The number of aliphatic hydroxyl groups is 2. The Labute approximate surface area is 75.1 Å². The van der Waals surface area contributed by atoms with Crippen molar-refractivity contribution >= 4 is 12.1 Å². The second-order valence-electron chi connectivity index (χ2n) is 2.17. The van der Waals surface area contributed by atoms with Crippen LogP contribution in [0.1, 0.15) is 0 Å². The second-order valence-corrected chi connectivity index (χ2v) is 2.17. The number of hydrogen-bond donors (Lipinski definition) is 2. The third-order valence-electron chi connectivity index (χ3n) is 1.32. The second kappa shape index (κ2) is 6.67. The molecule has 0 saturated heterocycles. The van der Waals surface area contributed by atoms with Gasteiger partial charge in [-0.15, -0.1) is 0 Å². The van der Waals surface area contributed by atoms with Crippen molar-refractivity contribution in [2.24, 2.45) is 0 Å². The van der Waals surface area contributed by atoms with E-state index in [-0.39, 0.29) is 0 Å². The lowest BCUT2D eigenvalue weighted by molar-refractivity contribution is -0.175. The van der Waals surface area contributed by atoms with Gasteiger partial charge in [-0.2, -0.15) is 0 Å². The van der Waals surface area contributed by atoms with Gasteiger partial charge in [-0.25, -0.2) is 0 Å². The highest BCUT2D eigenvalue weighted by Gasteiger charge is 2.21. The van der Waals surface area contributed by atoms with E-state index < -0.39 is 31.4 Å². The molecular formula is C7H12O6. The van der Waals surface area contributed by atoms with Crippen LogP contribution in [-0.4, -0.2) is 55.0 Å². The summed E-state index contributed by atoms with van der Waals surface area (Å²) >= 11 is 0. The average Bonchev–Trinajstić information content (AvgIpc) is 2.19. The molecule has 0 amide bonds. The van der Waals surface area contributed by atoms with Gasteiger partial charge in [-0.05, 0) is 0 Å². The number of aldehydes is 1. The molecule has 0 heterocycles. The number of carbonyl (C=O) groups is 2. The normalized spacial score (nSPS) is 15.0. The Kier molecular flexibility index (Phi) is 6.25. The van der Waals surface area contributed by atoms with Crippen molar-refractivity contribution in [2.45, 2.75) is 12.4 Å². The molecule has 76 valence electrons. The van der Waals surface area contributed by atoms with Crippen molar-refractivity contribution in [1.82, 2.24) is 0 Å². The van der Waals surface area contributed by atoms with Crippen LogP contribution in [0, 0.1) is 0 Å². The number of Topliss-reactive ketones (excluding diaryl/α,β-unsaturated/α-hetero) is 1. The zero-order valence-corrected chi connectivity index (χ0v) is 7.17. The van der Waals surface area contributed by atoms with Gasteiger partial charge in [0.2, 0.25) is 6.29 Å². The van der Waals surface area contributed by atoms with Crippen LogP contribution < -0.4 is 0 Å². The zero-order chi connectivity index (χ0) is 10.3. The number of rotatable bonds is 7. The summed E-state index contributed by atoms with van der Waals surface area (Å²) in [5.41, 5.74) is 0. The van der Waals surface area contributed by atoms with Crippen molar-refractivity contribution < 1.29 is 29.3 Å². The van der Waals surface area contributed by atoms with Crippen molar-refractivity contribution in [2.75, 3.05) is 20.3 Å². The number of ketones is 1. The fraction of sp³-hybridized carbons (Fsp3) is 0.714. The van der Waals surface area contributed by atoms with Gasteiger partial charge in [-0.3, -0.25) is 9.59 Å². The Hall–Kier alpha value is -0.820. The summed E-state index contributed by atoms with van der Waals surface area (Å²) in [6, 6.07) is 0. The van der Waals surface area contributed by atoms with Crippen LogP contribution in [0.15, 0.2) is 0 Å². The maximum atomic E-state index is 10.8. The Balaban J connectivity index is 4.09. The summed E-state index contributed by atoms with van der Waals surface area (Å²) in [5, 5.41) is 17.1. The molecule has 2 unspecified atom stereocenters. The van der Waals surface area contributed by atoms with E-state index in [1.54, 1.807) is 0 Å². The maximum Gasteiger partial charge on any atom is 0.215 e. The lowest BCUT2D eigenvalue weighted by Crippen LogP contribution is -2.35. The van der Waals surface area contributed by atoms with Crippen LogP contribution in [0.3, 0.4) is 0 Å². The fourth-order valence-electron chi connectivity index (χ4n) is 0.628. The van der Waals surface area contributed by atoms with E-state index in [9.17, 15) is 9.59 Å². The average molecular weight is 192 g/mol. The Morgan fingerprint density at radius 2 is 2.15 bits per heavy atom. The molecule has 0 spiro atoms. The number of carbonyl (C=O) groups excluding carboxylic acids is 2. The molecule has 0 aliphatic carbocycles. The molecule has 0 fully saturated rings. The lowest BCUT2D eigenvalue weighted by atomic mass is 10.2. The van der Waals surface area contributed by atoms with E-state index in [4.69, 9.17) is 14.9 Å². The first-order valence-corrected chi connectivity index (χ1v) is 3.57. The number of aliphatic hydroxyl groups excluding tert-OH is 2. The van der Waals surface area contributed by atoms with E-state index in [0.717, 1.165) is 0 Å². The topological polar surface area (TPSA) is 93.1 Å². The van der Waals surface area contributed by atoms with Crippen LogP contribution in [0.25, 0.3) is 0 Å². The Bertz CT molecular complexity index is 168. The molecule has 0 aliphatic rings. The van der Waals surface area contributed by atoms with Crippen LogP contribution in [0.2, 0.25) is 0 Å². The van der Waals surface area contributed by atoms with E-state index >= 15 is 0 Å². The SMILES string of the molecule is COC(C=O)OC(CO)C(=O)CO. The summed E-state index contributed by atoms with van der Waals surface area (Å²) in [4.78, 5) is 21.0. The molecule has 0 aromatic carbocycles. The highest BCUT2D eigenvalue weighted by atomic mass is 16.7. The summed E-state index contributed by atoms with van der Waals surface area (Å²) in [7, 11) is 1.22. The van der Waals surface area contributed by atoms with Crippen LogP contribution in [0.4, 0.5) is 0 Å². The van der Waals surface area contributed by atoms with Crippen LogP contribution in [-0.2, 0) is 19.1 Å². The monoisotopic (exact) mass is 192 g/mol. The summed E-state index contributed by atoms with van der Waals surface area (Å²) in [6.07, 6.45) is -2.08. The molecule has 2 atom stereocenters. The molecule has 0 bridgehead atoms. The Morgan fingerprint density at radius 3 is 2.46 bits per heavy atom. The first kappa shape index (κ1) is 12.2. The molecule has 6 heteroatoms. The predicted molar refractivity (Wildman–Crippen MR) is 40.9 cm³/mol. The first-order chi connectivity index (χ1) is 6.19. The molecule has 0 aromatic rings. The minimum atomic E-state index is -1.22. The lowest BCUT2D eigenvalue weighted by Gasteiger charge is -2.16. The molecule has 13 heavy (non-hydrogen) atoms.